The van der Waals surface area contributed by atoms with E-state index in [-0.39, 0.29) is 0 Å². The molecule has 3 heteroatoms. The number of benzene rings is 3. The molecule has 8 rings (SSSR count). The van der Waals surface area contributed by atoms with Gasteiger partial charge < -0.3 is 0 Å². The minimum atomic E-state index is 0.999. The first-order valence-electron chi connectivity index (χ1n) is 10.8. The van der Waals surface area contributed by atoms with Gasteiger partial charge in [-0.25, -0.2) is 4.98 Å². The molecule has 0 unspecified atom stereocenters. The van der Waals surface area contributed by atoms with E-state index >= 15 is 0 Å². The van der Waals surface area contributed by atoms with Crippen LogP contribution in [-0.2, 0) is 12.8 Å². The first-order chi connectivity index (χ1) is 15.4. The molecule has 0 fully saturated rings. The highest BCUT2D eigenvalue weighted by molar-refractivity contribution is 6.18. The van der Waals surface area contributed by atoms with Crippen molar-refractivity contribution in [2.24, 2.45) is 0 Å². The highest BCUT2D eigenvalue weighted by atomic mass is 15.0. The SMILES string of the molecule is c1ccc2c(c1)Cc1c-2ccc2c1Cc1ccc3c4ccncc4n4ccnc4c3c1-2. The summed E-state index contributed by atoms with van der Waals surface area (Å²) in [4.78, 5) is 9.16. The number of nitrogens with zero attached hydrogens (tertiary/aromatic N) is 3. The Morgan fingerprint density at radius 2 is 1.58 bits per heavy atom. The van der Waals surface area contributed by atoms with E-state index in [4.69, 9.17) is 4.98 Å². The van der Waals surface area contributed by atoms with Crippen LogP contribution in [0.15, 0.2) is 79.4 Å². The van der Waals surface area contributed by atoms with E-state index in [2.05, 4.69) is 64.0 Å². The van der Waals surface area contributed by atoms with Gasteiger partial charge in [0.2, 0.25) is 0 Å². The van der Waals surface area contributed by atoms with Gasteiger partial charge in [-0.3, -0.25) is 9.38 Å². The Kier molecular flexibility index (Phi) is 2.74. The van der Waals surface area contributed by atoms with Gasteiger partial charge in [0, 0.05) is 29.4 Å². The van der Waals surface area contributed by atoms with Gasteiger partial charge in [-0.1, -0.05) is 48.5 Å². The number of hydrogen-bond acceptors (Lipinski definition) is 2. The third kappa shape index (κ3) is 1.85. The predicted molar refractivity (Wildman–Crippen MR) is 124 cm³/mol. The lowest BCUT2D eigenvalue weighted by Crippen LogP contribution is -1.93. The maximum Gasteiger partial charge on any atom is 0.145 e. The van der Waals surface area contributed by atoms with Gasteiger partial charge in [-0.2, -0.15) is 0 Å². The van der Waals surface area contributed by atoms with Crippen LogP contribution in [0, 0.1) is 0 Å². The monoisotopic (exact) mass is 395 g/mol. The van der Waals surface area contributed by atoms with Crippen molar-refractivity contribution < 1.29 is 0 Å². The van der Waals surface area contributed by atoms with Crippen LogP contribution in [0.25, 0.3) is 49.6 Å². The molecular weight excluding hydrogens is 378 g/mol. The van der Waals surface area contributed by atoms with Crippen molar-refractivity contribution in [3.8, 4) is 22.3 Å². The van der Waals surface area contributed by atoms with Gasteiger partial charge in [0.05, 0.1) is 11.7 Å². The third-order valence-corrected chi connectivity index (χ3v) is 7.25. The molecule has 3 aromatic heterocycles. The van der Waals surface area contributed by atoms with Crippen LogP contribution in [-0.4, -0.2) is 14.4 Å². The molecule has 31 heavy (non-hydrogen) atoms. The summed E-state index contributed by atoms with van der Waals surface area (Å²) in [7, 11) is 0. The van der Waals surface area contributed by atoms with Crippen molar-refractivity contribution in [3.63, 3.8) is 0 Å². The maximum atomic E-state index is 4.79. The molecular formula is C28H17N3. The summed E-state index contributed by atoms with van der Waals surface area (Å²) in [5.41, 5.74) is 13.5. The van der Waals surface area contributed by atoms with E-state index < -0.39 is 0 Å². The van der Waals surface area contributed by atoms with E-state index in [1.54, 1.807) is 0 Å². The quantitative estimate of drug-likeness (QED) is 0.287. The minimum Gasteiger partial charge on any atom is -0.298 e. The van der Waals surface area contributed by atoms with Crippen LogP contribution in [0.3, 0.4) is 0 Å². The van der Waals surface area contributed by atoms with Crippen molar-refractivity contribution in [2.45, 2.75) is 12.8 Å². The fourth-order valence-electron chi connectivity index (χ4n) is 5.95. The summed E-state index contributed by atoms with van der Waals surface area (Å²) in [5, 5.41) is 3.74. The van der Waals surface area contributed by atoms with Crippen molar-refractivity contribution in [1.82, 2.24) is 14.4 Å². The Morgan fingerprint density at radius 1 is 0.710 bits per heavy atom. The van der Waals surface area contributed by atoms with Crippen molar-refractivity contribution >= 4 is 27.3 Å². The Hall–Kier alpha value is -3.98. The lowest BCUT2D eigenvalue weighted by molar-refractivity contribution is 1.16. The standard InChI is InChI=1S/C28H17N3/c1-2-4-18-16(3-1)13-23-19(18)7-8-22-24(23)14-17-5-6-21-20-9-10-29-15-25(20)31-12-11-30-28(31)27(21)26(17)22/h1-12,15H,13-14H2. The molecule has 6 aromatic rings. The first-order valence-corrected chi connectivity index (χ1v) is 10.8. The average Bonchev–Trinajstić information content (AvgIpc) is 3.53. The molecule has 3 aromatic carbocycles. The number of pyridine rings is 2. The Morgan fingerprint density at radius 3 is 2.58 bits per heavy atom. The van der Waals surface area contributed by atoms with Crippen LogP contribution in [0.1, 0.15) is 22.3 Å². The van der Waals surface area contributed by atoms with E-state index in [1.165, 1.54) is 60.7 Å². The van der Waals surface area contributed by atoms with Crippen LogP contribution in [0.5, 0.6) is 0 Å². The lowest BCUT2D eigenvalue weighted by Gasteiger charge is -2.13. The summed E-state index contributed by atoms with van der Waals surface area (Å²) < 4.78 is 2.19. The third-order valence-electron chi connectivity index (χ3n) is 7.25. The second-order valence-electron chi connectivity index (χ2n) is 8.66. The second kappa shape index (κ2) is 5.38. The highest BCUT2D eigenvalue weighted by Gasteiger charge is 2.29. The topological polar surface area (TPSA) is 30.2 Å². The number of fused-ring (bicyclic) bond motifs is 14. The van der Waals surface area contributed by atoms with Crippen LogP contribution >= 0.6 is 0 Å². The summed E-state index contributed by atoms with van der Waals surface area (Å²) >= 11 is 0. The number of aromatic nitrogens is 3. The highest BCUT2D eigenvalue weighted by Crippen LogP contribution is 2.49. The molecule has 0 spiro atoms. The molecule has 0 saturated carbocycles. The first kappa shape index (κ1) is 15.8. The molecule has 2 aliphatic carbocycles. The normalized spacial score (nSPS) is 13.5. The number of imidazole rings is 1. The van der Waals surface area contributed by atoms with Gasteiger partial charge in [0.15, 0.2) is 0 Å². The van der Waals surface area contributed by atoms with Gasteiger partial charge in [0.25, 0.3) is 0 Å². The van der Waals surface area contributed by atoms with Crippen LogP contribution in [0.4, 0.5) is 0 Å². The molecule has 0 saturated heterocycles. The number of hydrogen-bond donors (Lipinski definition) is 0. The molecule has 2 aliphatic rings. The Labute approximate surface area is 178 Å². The van der Waals surface area contributed by atoms with Gasteiger partial charge in [-0.05, 0) is 68.8 Å². The zero-order valence-electron chi connectivity index (χ0n) is 16.8. The Bertz CT molecular complexity index is 1740. The van der Waals surface area contributed by atoms with Crippen molar-refractivity contribution in [1.29, 1.82) is 0 Å². The molecule has 3 heterocycles. The van der Waals surface area contributed by atoms with E-state index in [0.717, 1.165) is 24.0 Å². The summed E-state index contributed by atoms with van der Waals surface area (Å²) in [6.07, 6.45) is 9.81. The Balaban J connectivity index is 1.51. The molecule has 0 N–H and O–H groups in total. The maximum absolute atomic E-state index is 4.79. The van der Waals surface area contributed by atoms with Crippen LogP contribution < -0.4 is 0 Å². The van der Waals surface area contributed by atoms with E-state index in [9.17, 15) is 0 Å². The van der Waals surface area contributed by atoms with E-state index in [1.807, 2.05) is 24.8 Å². The molecule has 0 aliphatic heterocycles. The average molecular weight is 395 g/mol. The summed E-state index contributed by atoms with van der Waals surface area (Å²) in [6, 6.07) is 20.3. The molecule has 0 radical (unpaired) electrons. The largest absolute Gasteiger partial charge is 0.298 e. The van der Waals surface area contributed by atoms with Gasteiger partial charge in [-0.15, -0.1) is 0 Å². The predicted octanol–water partition coefficient (Wildman–Crippen LogP) is 6.18. The summed E-state index contributed by atoms with van der Waals surface area (Å²) in [6.45, 7) is 0. The number of rotatable bonds is 0. The molecule has 0 amide bonds. The van der Waals surface area contributed by atoms with E-state index in [0.29, 0.717) is 0 Å². The lowest BCUT2D eigenvalue weighted by atomic mass is 9.94. The minimum absolute atomic E-state index is 0.999. The molecule has 3 nitrogen and oxygen atoms in total. The zero-order valence-corrected chi connectivity index (χ0v) is 16.8. The summed E-state index contributed by atoms with van der Waals surface area (Å²) in [5.74, 6) is 0. The van der Waals surface area contributed by atoms with Crippen molar-refractivity contribution in [2.75, 3.05) is 0 Å². The second-order valence-corrected chi connectivity index (χ2v) is 8.66. The fraction of sp³-hybridized carbons (Fsp3) is 0.0714. The zero-order chi connectivity index (χ0) is 20.1. The molecule has 0 atom stereocenters. The van der Waals surface area contributed by atoms with Gasteiger partial charge in [0.1, 0.15) is 5.65 Å². The van der Waals surface area contributed by atoms with Gasteiger partial charge >= 0.3 is 0 Å². The van der Waals surface area contributed by atoms with Crippen LogP contribution in [0.2, 0.25) is 0 Å². The fourth-order valence-corrected chi connectivity index (χ4v) is 5.95. The molecule has 0 bridgehead atoms. The van der Waals surface area contributed by atoms with Crippen molar-refractivity contribution in [3.05, 3.63) is 102 Å². The molecule has 144 valence electrons. The smallest absolute Gasteiger partial charge is 0.145 e.